The first-order valence-corrected chi connectivity index (χ1v) is 10.6. The molecule has 7 heteroatoms. The highest BCUT2D eigenvalue weighted by Gasteiger charge is 2.28. The number of nitrogens with one attached hydrogen (secondary N) is 1. The first kappa shape index (κ1) is 20.1. The Morgan fingerprint density at radius 1 is 1.07 bits per heavy atom. The molecule has 1 aliphatic heterocycles. The zero-order valence-corrected chi connectivity index (χ0v) is 17.5. The summed E-state index contributed by atoms with van der Waals surface area (Å²) in [5, 5.41) is 11.3. The van der Waals surface area contributed by atoms with Crippen LogP contribution < -0.4 is 5.32 Å². The monoisotopic (exact) mass is 405 g/mol. The van der Waals surface area contributed by atoms with E-state index in [0.717, 1.165) is 29.7 Å². The van der Waals surface area contributed by atoms with Gasteiger partial charge in [0.2, 0.25) is 5.91 Å². The number of carbonyl (C=O) groups is 2. The molecule has 0 atom stereocenters. The van der Waals surface area contributed by atoms with Gasteiger partial charge in [-0.2, -0.15) is 0 Å². The molecule has 0 radical (unpaired) electrons. The Bertz CT molecular complexity index is 1050. The number of likely N-dealkylation sites (tertiary alicyclic amines) is 1. The third-order valence-electron chi connectivity index (χ3n) is 5.84. The first-order chi connectivity index (χ1) is 14.6. The van der Waals surface area contributed by atoms with Gasteiger partial charge in [0.05, 0.1) is 5.52 Å². The molecule has 0 unspecified atom stereocenters. The first-order valence-electron chi connectivity index (χ1n) is 10.6. The lowest BCUT2D eigenvalue weighted by molar-refractivity contribution is -0.121. The van der Waals surface area contributed by atoms with Gasteiger partial charge in [0.25, 0.3) is 5.91 Å². The molecule has 0 spiro atoms. The van der Waals surface area contributed by atoms with Crippen LogP contribution >= 0.6 is 0 Å². The summed E-state index contributed by atoms with van der Waals surface area (Å²) in [6, 6.07) is 13.5. The van der Waals surface area contributed by atoms with Crippen LogP contribution in [-0.4, -0.2) is 44.8 Å². The van der Waals surface area contributed by atoms with Crippen LogP contribution in [-0.2, 0) is 17.8 Å². The zero-order chi connectivity index (χ0) is 21.1. The van der Waals surface area contributed by atoms with E-state index in [0.29, 0.717) is 31.5 Å². The van der Waals surface area contributed by atoms with Crippen LogP contribution in [0.25, 0.3) is 11.0 Å². The van der Waals surface area contributed by atoms with Crippen LogP contribution in [0.3, 0.4) is 0 Å². The highest BCUT2D eigenvalue weighted by Crippen LogP contribution is 2.22. The van der Waals surface area contributed by atoms with Crippen molar-refractivity contribution >= 4 is 28.5 Å². The van der Waals surface area contributed by atoms with Crippen molar-refractivity contribution in [1.29, 1.82) is 0 Å². The fourth-order valence-electron chi connectivity index (χ4n) is 3.93. The quantitative estimate of drug-likeness (QED) is 0.704. The van der Waals surface area contributed by atoms with E-state index >= 15 is 0 Å². The SMILES string of the molecule is CCc1ccc(NC(=O)C2CCN(C(=O)c3ccc4c(c3)nnn4CC)CC2)cc1. The average molecular weight is 406 g/mol. The Morgan fingerprint density at radius 2 is 1.80 bits per heavy atom. The number of hydrogen-bond donors (Lipinski definition) is 1. The van der Waals surface area contributed by atoms with Gasteiger partial charge in [0.15, 0.2) is 0 Å². The molecule has 1 fully saturated rings. The Morgan fingerprint density at radius 3 is 2.47 bits per heavy atom. The van der Waals surface area contributed by atoms with Gasteiger partial charge in [-0.05, 0) is 62.1 Å². The predicted molar refractivity (Wildman–Crippen MR) is 116 cm³/mol. The van der Waals surface area contributed by atoms with Crippen LogP contribution in [0, 0.1) is 5.92 Å². The van der Waals surface area contributed by atoms with E-state index in [1.807, 2.05) is 52.9 Å². The summed E-state index contributed by atoms with van der Waals surface area (Å²) in [5.74, 6) is -0.0623. The highest BCUT2D eigenvalue weighted by atomic mass is 16.2. The average Bonchev–Trinajstić information content (AvgIpc) is 3.21. The number of carbonyl (C=O) groups excluding carboxylic acids is 2. The van der Waals surface area contributed by atoms with Crippen LogP contribution in [0.15, 0.2) is 42.5 Å². The summed E-state index contributed by atoms with van der Waals surface area (Å²) in [5.41, 5.74) is 4.34. The number of piperidine rings is 1. The minimum Gasteiger partial charge on any atom is -0.339 e. The van der Waals surface area contributed by atoms with E-state index in [9.17, 15) is 9.59 Å². The molecule has 4 rings (SSSR count). The molecule has 3 aromatic rings. The molecule has 1 aliphatic rings. The lowest BCUT2D eigenvalue weighted by Gasteiger charge is -2.31. The van der Waals surface area contributed by atoms with Crippen molar-refractivity contribution in [3.8, 4) is 0 Å². The molecule has 0 saturated carbocycles. The molecule has 0 aliphatic carbocycles. The number of hydrogen-bond acceptors (Lipinski definition) is 4. The Hall–Kier alpha value is -3.22. The van der Waals surface area contributed by atoms with E-state index in [4.69, 9.17) is 0 Å². The number of nitrogens with zero attached hydrogens (tertiary/aromatic N) is 4. The maximum absolute atomic E-state index is 12.9. The molecule has 0 bridgehead atoms. The summed E-state index contributed by atoms with van der Waals surface area (Å²) >= 11 is 0. The van der Waals surface area contributed by atoms with Crippen molar-refractivity contribution < 1.29 is 9.59 Å². The number of amides is 2. The normalized spacial score (nSPS) is 14.8. The van der Waals surface area contributed by atoms with Crippen molar-refractivity contribution in [2.75, 3.05) is 18.4 Å². The third-order valence-corrected chi connectivity index (χ3v) is 5.84. The summed E-state index contributed by atoms with van der Waals surface area (Å²) in [7, 11) is 0. The molecule has 30 heavy (non-hydrogen) atoms. The standard InChI is InChI=1S/C23H27N5O2/c1-3-16-5-8-19(9-6-16)24-22(29)17-11-13-27(14-12-17)23(30)18-7-10-21-20(15-18)25-26-28(21)4-2/h5-10,15,17H,3-4,11-14H2,1-2H3,(H,24,29). The van der Waals surface area contributed by atoms with Crippen LogP contribution in [0.4, 0.5) is 5.69 Å². The lowest BCUT2D eigenvalue weighted by atomic mass is 9.95. The van der Waals surface area contributed by atoms with Crippen molar-refractivity contribution in [2.45, 2.75) is 39.7 Å². The van der Waals surface area contributed by atoms with Gasteiger partial charge >= 0.3 is 0 Å². The molecule has 156 valence electrons. The molecule has 2 aromatic carbocycles. The molecule has 7 nitrogen and oxygen atoms in total. The van der Waals surface area contributed by atoms with E-state index in [2.05, 4.69) is 22.6 Å². The Kier molecular flexibility index (Phi) is 5.79. The van der Waals surface area contributed by atoms with Crippen molar-refractivity contribution in [3.63, 3.8) is 0 Å². The number of aryl methyl sites for hydroxylation is 2. The molecule has 1 N–H and O–H groups in total. The zero-order valence-electron chi connectivity index (χ0n) is 17.5. The van der Waals surface area contributed by atoms with Gasteiger partial charge < -0.3 is 10.2 Å². The minimum atomic E-state index is -0.0770. The highest BCUT2D eigenvalue weighted by molar-refractivity contribution is 5.97. The second kappa shape index (κ2) is 8.65. The Balaban J connectivity index is 1.35. The molecule has 1 saturated heterocycles. The second-order valence-corrected chi connectivity index (χ2v) is 7.71. The number of fused-ring (bicyclic) bond motifs is 1. The van der Waals surface area contributed by atoms with Gasteiger partial charge in [0.1, 0.15) is 5.52 Å². The number of anilines is 1. The summed E-state index contributed by atoms with van der Waals surface area (Å²) in [6.07, 6.45) is 2.31. The number of aromatic nitrogens is 3. The maximum Gasteiger partial charge on any atom is 0.253 e. The van der Waals surface area contributed by atoms with Gasteiger partial charge in [0, 0.05) is 36.8 Å². The minimum absolute atomic E-state index is 0.0167. The Labute approximate surface area is 176 Å². The van der Waals surface area contributed by atoms with Crippen LogP contribution in [0.5, 0.6) is 0 Å². The van der Waals surface area contributed by atoms with Crippen LogP contribution in [0.2, 0.25) is 0 Å². The van der Waals surface area contributed by atoms with Gasteiger partial charge in [-0.1, -0.05) is 24.3 Å². The van der Waals surface area contributed by atoms with Crippen molar-refractivity contribution in [1.82, 2.24) is 19.9 Å². The lowest BCUT2D eigenvalue weighted by Crippen LogP contribution is -2.41. The maximum atomic E-state index is 12.9. The fourth-order valence-corrected chi connectivity index (χ4v) is 3.93. The van der Waals surface area contributed by atoms with Gasteiger partial charge in [-0.15, -0.1) is 5.10 Å². The van der Waals surface area contributed by atoms with E-state index in [1.165, 1.54) is 5.56 Å². The van der Waals surface area contributed by atoms with E-state index in [-0.39, 0.29) is 17.7 Å². The molecule has 2 heterocycles. The summed E-state index contributed by atoms with van der Waals surface area (Å²) in [4.78, 5) is 27.4. The number of rotatable bonds is 5. The molecular formula is C23H27N5O2. The molecule has 2 amide bonds. The second-order valence-electron chi connectivity index (χ2n) is 7.71. The van der Waals surface area contributed by atoms with Crippen molar-refractivity contribution in [2.24, 2.45) is 5.92 Å². The van der Waals surface area contributed by atoms with Gasteiger partial charge in [-0.3, -0.25) is 9.59 Å². The predicted octanol–water partition coefficient (Wildman–Crippen LogP) is 3.50. The number of benzene rings is 2. The largest absolute Gasteiger partial charge is 0.339 e. The van der Waals surface area contributed by atoms with E-state index < -0.39 is 0 Å². The fraction of sp³-hybridized carbons (Fsp3) is 0.391. The summed E-state index contributed by atoms with van der Waals surface area (Å²) < 4.78 is 1.81. The van der Waals surface area contributed by atoms with E-state index in [1.54, 1.807) is 6.07 Å². The topological polar surface area (TPSA) is 80.1 Å². The smallest absolute Gasteiger partial charge is 0.253 e. The summed E-state index contributed by atoms with van der Waals surface area (Å²) in [6.45, 7) is 6.00. The molecule has 1 aromatic heterocycles. The van der Waals surface area contributed by atoms with Gasteiger partial charge in [-0.25, -0.2) is 4.68 Å². The molecular weight excluding hydrogens is 378 g/mol. The van der Waals surface area contributed by atoms with Crippen molar-refractivity contribution in [3.05, 3.63) is 53.6 Å². The van der Waals surface area contributed by atoms with Crippen LogP contribution in [0.1, 0.15) is 42.6 Å². The third kappa shape index (κ3) is 4.06.